The van der Waals surface area contributed by atoms with Gasteiger partial charge in [-0.25, -0.2) is 9.97 Å². The first kappa shape index (κ1) is 10.6. The molecule has 1 rings (SSSR count). The summed E-state index contributed by atoms with van der Waals surface area (Å²) in [7, 11) is 0. The molecule has 0 aliphatic heterocycles. The highest BCUT2D eigenvalue weighted by molar-refractivity contribution is 5.73. The van der Waals surface area contributed by atoms with Crippen molar-refractivity contribution in [3.63, 3.8) is 0 Å². The van der Waals surface area contributed by atoms with Crippen LogP contribution in [0.1, 0.15) is 18.4 Å². The molecule has 0 aliphatic rings. The number of hydrogen-bond donors (Lipinski definition) is 2. The van der Waals surface area contributed by atoms with E-state index in [9.17, 15) is 4.79 Å². The van der Waals surface area contributed by atoms with Crippen LogP contribution in [0.5, 0.6) is 0 Å². The predicted octanol–water partition coefficient (Wildman–Crippen LogP) is -0.168. The molecule has 76 valence electrons. The summed E-state index contributed by atoms with van der Waals surface area (Å²) in [5.41, 5.74) is 6.03. The minimum Gasteiger partial charge on any atom is -0.370 e. The molecule has 0 radical (unpaired) electrons. The fourth-order valence-corrected chi connectivity index (χ4v) is 1.04. The molecule has 3 N–H and O–H groups in total. The van der Waals surface area contributed by atoms with Gasteiger partial charge in [0.15, 0.2) is 0 Å². The Morgan fingerprint density at radius 2 is 2.14 bits per heavy atom. The maximum Gasteiger partial charge on any atom is 0.217 e. The zero-order chi connectivity index (χ0) is 10.2. The molecule has 0 saturated heterocycles. The molecule has 0 atom stereocenters. The van der Waals surface area contributed by atoms with Crippen LogP contribution in [0.25, 0.3) is 0 Å². The van der Waals surface area contributed by atoms with E-state index in [4.69, 9.17) is 5.73 Å². The van der Waals surface area contributed by atoms with E-state index in [0.29, 0.717) is 6.42 Å². The van der Waals surface area contributed by atoms with E-state index >= 15 is 0 Å². The number of hydrogen-bond acceptors (Lipinski definition) is 4. The Kier molecular flexibility index (Phi) is 4.57. The second-order valence-electron chi connectivity index (χ2n) is 2.99. The molecule has 0 unspecified atom stereocenters. The Morgan fingerprint density at radius 1 is 1.43 bits per heavy atom. The molecule has 1 aromatic heterocycles. The smallest absolute Gasteiger partial charge is 0.217 e. The maximum absolute atomic E-state index is 10.4. The molecular formula is C9H14N4O. The van der Waals surface area contributed by atoms with Crippen LogP contribution in [0.4, 0.5) is 0 Å². The molecule has 1 amide bonds. The third kappa shape index (κ3) is 4.51. The van der Waals surface area contributed by atoms with Crippen LogP contribution in [0.3, 0.4) is 0 Å². The van der Waals surface area contributed by atoms with Gasteiger partial charge in [-0.2, -0.15) is 0 Å². The SMILES string of the molecule is NC(=O)CCCNCc1cncnc1. The van der Waals surface area contributed by atoms with Crippen LogP contribution in [0, 0.1) is 0 Å². The van der Waals surface area contributed by atoms with Crippen molar-refractivity contribution < 1.29 is 4.79 Å². The van der Waals surface area contributed by atoms with Gasteiger partial charge in [0.2, 0.25) is 5.91 Å². The van der Waals surface area contributed by atoms with Crippen molar-refractivity contribution >= 4 is 5.91 Å². The van der Waals surface area contributed by atoms with E-state index in [2.05, 4.69) is 15.3 Å². The van der Waals surface area contributed by atoms with Crippen LogP contribution in [0.15, 0.2) is 18.7 Å². The van der Waals surface area contributed by atoms with Crippen LogP contribution in [-0.4, -0.2) is 22.4 Å². The molecule has 0 aromatic carbocycles. The lowest BCUT2D eigenvalue weighted by Crippen LogP contribution is -2.18. The molecule has 0 saturated carbocycles. The summed E-state index contributed by atoms with van der Waals surface area (Å²) in [5.74, 6) is -0.255. The molecule has 1 aromatic rings. The van der Waals surface area contributed by atoms with Gasteiger partial charge in [0.25, 0.3) is 0 Å². The van der Waals surface area contributed by atoms with E-state index in [1.807, 2.05) is 0 Å². The second-order valence-corrected chi connectivity index (χ2v) is 2.99. The summed E-state index contributed by atoms with van der Waals surface area (Å²) in [6.07, 6.45) is 6.21. The van der Waals surface area contributed by atoms with Crippen LogP contribution in [-0.2, 0) is 11.3 Å². The zero-order valence-electron chi connectivity index (χ0n) is 7.94. The van der Waals surface area contributed by atoms with Gasteiger partial charge in [-0.1, -0.05) is 0 Å². The Balaban J connectivity index is 2.08. The van der Waals surface area contributed by atoms with Crippen molar-refractivity contribution in [3.05, 3.63) is 24.3 Å². The molecular weight excluding hydrogens is 180 g/mol. The summed E-state index contributed by atoms with van der Waals surface area (Å²) < 4.78 is 0. The van der Waals surface area contributed by atoms with Gasteiger partial charge in [0.05, 0.1) is 0 Å². The molecule has 5 nitrogen and oxygen atoms in total. The fraction of sp³-hybridized carbons (Fsp3) is 0.444. The van der Waals surface area contributed by atoms with Gasteiger partial charge < -0.3 is 11.1 Å². The number of nitrogens with one attached hydrogen (secondary N) is 1. The van der Waals surface area contributed by atoms with E-state index in [0.717, 1.165) is 25.1 Å². The normalized spacial score (nSPS) is 10.0. The minimum atomic E-state index is -0.255. The Labute approximate surface area is 82.7 Å². The topological polar surface area (TPSA) is 80.9 Å². The lowest BCUT2D eigenvalue weighted by molar-refractivity contribution is -0.118. The van der Waals surface area contributed by atoms with Crippen LogP contribution >= 0.6 is 0 Å². The van der Waals surface area contributed by atoms with E-state index in [1.165, 1.54) is 6.33 Å². The van der Waals surface area contributed by atoms with E-state index in [1.54, 1.807) is 12.4 Å². The number of primary amides is 1. The largest absolute Gasteiger partial charge is 0.370 e. The van der Waals surface area contributed by atoms with Gasteiger partial charge in [0.1, 0.15) is 6.33 Å². The lowest BCUT2D eigenvalue weighted by atomic mass is 10.3. The summed E-state index contributed by atoms with van der Waals surface area (Å²) >= 11 is 0. The number of rotatable bonds is 6. The van der Waals surface area contributed by atoms with Crippen molar-refractivity contribution in [2.45, 2.75) is 19.4 Å². The average Bonchev–Trinajstić information content (AvgIpc) is 2.18. The van der Waals surface area contributed by atoms with Gasteiger partial charge >= 0.3 is 0 Å². The monoisotopic (exact) mass is 194 g/mol. The lowest BCUT2D eigenvalue weighted by Gasteiger charge is -2.02. The van der Waals surface area contributed by atoms with Crippen molar-refractivity contribution in [1.82, 2.24) is 15.3 Å². The molecule has 14 heavy (non-hydrogen) atoms. The average molecular weight is 194 g/mol. The number of nitrogens with zero attached hydrogens (tertiary/aromatic N) is 2. The second kappa shape index (κ2) is 6.04. The molecule has 1 heterocycles. The molecule has 5 heteroatoms. The Morgan fingerprint density at radius 3 is 2.79 bits per heavy atom. The molecule has 0 fully saturated rings. The molecule has 0 spiro atoms. The summed E-state index contributed by atoms with van der Waals surface area (Å²) in [5, 5.41) is 3.17. The van der Waals surface area contributed by atoms with Crippen LogP contribution in [0.2, 0.25) is 0 Å². The summed E-state index contributed by atoms with van der Waals surface area (Å²) in [6, 6.07) is 0. The number of amides is 1. The fourth-order valence-electron chi connectivity index (χ4n) is 1.04. The highest BCUT2D eigenvalue weighted by Crippen LogP contribution is 1.92. The third-order valence-corrected chi connectivity index (χ3v) is 1.72. The third-order valence-electron chi connectivity index (χ3n) is 1.72. The highest BCUT2D eigenvalue weighted by atomic mass is 16.1. The molecule has 0 bridgehead atoms. The number of nitrogens with two attached hydrogens (primary N) is 1. The van der Waals surface area contributed by atoms with Crippen molar-refractivity contribution in [3.8, 4) is 0 Å². The summed E-state index contributed by atoms with van der Waals surface area (Å²) in [6.45, 7) is 1.50. The number of aromatic nitrogens is 2. The quantitative estimate of drug-likeness (QED) is 0.616. The van der Waals surface area contributed by atoms with Gasteiger partial charge in [0, 0.05) is 30.9 Å². The zero-order valence-corrected chi connectivity index (χ0v) is 7.94. The predicted molar refractivity (Wildman–Crippen MR) is 52.2 cm³/mol. The highest BCUT2D eigenvalue weighted by Gasteiger charge is 1.94. The first-order chi connectivity index (χ1) is 6.79. The van der Waals surface area contributed by atoms with Crippen LogP contribution < -0.4 is 11.1 Å². The minimum absolute atomic E-state index is 0.255. The van der Waals surface area contributed by atoms with Gasteiger partial charge in [-0.15, -0.1) is 0 Å². The first-order valence-corrected chi connectivity index (χ1v) is 4.52. The first-order valence-electron chi connectivity index (χ1n) is 4.52. The van der Waals surface area contributed by atoms with E-state index in [-0.39, 0.29) is 5.91 Å². The van der Waals surface area contributed by atoms with Gasteiger partial charge in [-0.05, 0) is 13.0 Å². The maximum atomic E-state index is 10.4. The Bertz CT molecular complexity index is 275. The van der Waals surface area contributed by atoms with Gasteiger partial charge in [-0.3, -0.25) is 4.79 Å². The van der Waals surface area contributed by atoms with Crippen molar-refractivity contribution in [2.24, 2.45) is 5.73 Å². The summed E-state index contributed by atoms with van der Waals surface area (Å²) in [4.78, 5) is 18.2. The number of carbonyl (C=O) groups excluding carboxylic acids is 1. The molecule has 0 aliphatic carbocycles. The number of carbonyl (C=O) groups is 1. The Hall–Kier alpha value is -1.49. The van der Waals surface area contributed by atoms with Crippen molar-refractivity contribution in [2.75, 3.05) is 6.54 Å². The van der Waals surface area contributed by atoms with E-state index < -0.39 is 0 Å². The van der Waals surface area contributed by atoms with Crippen molar-refractivity contribution in [1.29, 1.82) is 0 Å². The standard InChI is InChI=1S/C9H14N4O/c10-9(14)2-1-3-11-4-8-5-12-7-13-6-8/h5-7,11H,1-4H2,(H2,10,14).